The zero-order valence-corrected chi connectivity index (χ0v) is 16.3. The summed E-state index contributed by atoms with van der Waals surface area (Å²) in [6.45, 7) is 3.44. The van der Waals surface area contributed by atoms with Gasteiger partial charge < -0.3 is 15.4 Å². The molecule has 2 N–H and O–H groups in total. The van der Waals surface area contributed by atoms with E-state index >= 15 is 0 Å². The summed E-state index contributed by atoms with van der Waals surface area (Å²) >= 11 is 0. The maximum Gasteiger partial charge on any atom is 0.256 e. The Kier molecular flexibility index (Phi) is 5.62. The Labute approximate surface area is 177 Å². The topological polar surface area (TPSA) is 106 Å². The number of fused-ring (bicyclic) bond motifs is 1. The number of benzene rings is 2. The molecule has 0 fully saturated rings. The van der Waals surface area contributed by atoms with Crippen LogP contribution in [0.4, 0.5) is 11.5 Å². The summed E-state index contributed by atoms with van der Waals surface area (Å²) in [4.78, 5) is 36.4. The highest BCUT2D eigenvalue weighted by Gasteiger charge is 2.10. The van der Waals surface area contributed by atoms with E-state index in [-0.39, 0.29) is 11.8 Å². The highest BCUT2D eigenvalue weighted by atomic mass is 16.5. The number of hydrogen-bond donors (Lipinski definition) is 2. The molecule has 0 aliphatic rings. The van der Waals surface area contributed by atoms with E-state index in [1.165, 1.54) is 12.4 Å². The second-order valence-electron chi connectivity index (χ2n) is 6.40. The summed E-state index contributed by atoms with van der Waals surface area (Å²) in [5.41, 5.74) is 1.69. The monoisotopic (exact) mass is 411 g/mol. The highest BCUT2D eigenvalue weighted by molar-refractivity contribution is 6.04. The van der Waals surface area contributed by atoms with Gasteiger partial charge in [-0.15, -0.1) is 0 Å². The molecule has 0 atom stereocenters. The molecule has 8 nitrogen and oxygen atoms in total. The number of rotatable bonds is 6. The van der Waals surface area contributed by atoms with Crippen molar-refractivity contribution in [1.82, 2.24) is 15.0 Å². The van der Waals surface area contributed by atoms with Gasteiger partial charge in [0.15, 0.2) is 0 Å². The molecule has 0 aliphatic carbocycles. The van der Waals surface area contributed by atoms with Gasteiger partial charge in [0.05, 0.1) is 10.9 Å². The first-order valence-electron chi connectivity index (χ1n) is 9.31. The molecule has 2 aromatic heterocycles. The van der Waals surface area contributed by atoms with Gasteiger partial charge in [-0.05, 0) is 60.7 Å². The Morgan fingerprint density at radius 3 is 2.52 bits per heavy atom. The van der Waals surface area contributed by atoms with Crippen molar-refractivity contribution >= 4 is 34.2 Å². The Balaban J connectivity index is 1.53. The third-order valence-corrected chi connectivity index (χ3v) is 4.29. The maximum atomic E-state index is 12.4. The number of nitrogens with zero attached hydrogens (tertiary/aromatic N) is 3. The average molecular weight is 411 g/mol. The number of amides is 2. The fourth-order valence-electron chi connectivity index (χ4n) is 2.80. The Morgan fingerprint density at radius 1 is 0.935 bits per heavy atom. The van der Waals surface area contributed by atoms with Crippen molar-refractivity contribution in [3.63, 3.8) is 0 Å². The molecular weight excluding hydrogens is 394 g/mol. The number of anilines is 2. The number of carbonyl (C=O) groups is 2. The van der Waals surface area contributed by atoms with Gasteiger partial charge in [0.1, 0.15) is 17.9 Å². The van der Waals surface area contributed by atoms with Crippen molar-refractivity contribution in [2.75, 3.05) is 10.6 Å². The SMILES string of the molecule is C=CC(=O)Nc1ccc2ncnc(Oc3ccc(C(=O)Nc4ccccn4)cc3)c2c1. The van der Waals surface area contributed by atoms with E-state index in [1.807, 2.05) is 0 Å². The molecule has 0 saturated heterocycles. The maximum absolute atomic E-state index is 12.4. The van der Waals surface area contributed by atoms with Crippen LogP contribution in [0.3, 0.4) is 0 Å². The predicted molar refractivity (Wildman–Crippen MR) is 117 cm³/mol. The van der Waals surface area contributed by atoms with E-state index in [1.54, 1.807) is 66.9 Å². The summed E-state index contributed by atoms with van der Waals surface area (Å²) in [7, 11) is 0. The standard InChI is InChI=1S/C23H17N5O3/c1-2-21(29)27-16-8-11-19-18(13-16)23(26-14-25-19)31-17-9-6-15(7-10-17)22(30)28-20-5-3-4-12-24-20/h2-14H,1H2,(H,27,29)(H,24,28,30). The number of ether oxygens (including phenoxy) is 1. The van der Waals surface area contributed by atoms with Crippen molar-refractivity contribution in [3.8, 4) is 11.6 Å². The lowest BCUT2D eigenvalue weighted by Gasteiger charge is -2.10. The highest BCUT2D eigenvalue weighted by Crippen LogP contribution is 2.29. The van der Waals surface area contributed by atoms with Gasteiger partial charge in [0, 0.05) is 17.4 Å². The van der Waals surface area contributed by atoms with E-state index in [2.05, 4.69) is 32.2 Å². The molecule has 0 radical (unpaired) electrons. The van der Waals surface area contributed by atoms with Gasteiger partial charge in [0.25, 0.3) is 5.91 Å². The zero-order chi connectivity index (χ0) is 21.6. The van der Waals surface area contributed by atoms with Crippen molar-refractivity contribution in [2.24, 2.45) is 0 Å². The lowest BCUT2D eigenvalue weighted by atomic mass is 10.2. The fraction of sp³-hybridized carbons (Fsp3) is 0. The molecule has 152 valence electrons. The number of nitrogens with one attached hydrogen (secondary N) is 2. The van der Waals surface area contributed by atoms with Gasteiger partial charge in [-0.1, -0.05) is 12.6 Å². The van der Waals surface area contributed by atoms with E-state index in [0.29, 0.717) is 39.6 Å². The number of carbonyl (C=O) groups excluding carboxylic acids is 2. The summed E-state index contributed by atoms with van der Waals surface area (Å²) in [5.74, 6) is 0.693. The van der Waals surface area contributed by atoms with Crippen LogP contribution < -0.4 is 15.4 Å². The zero-order valence-electron chi connectivity index (χ0n) is 16.3. The van der Waals surface area contributed by atoms with Crippen LogP contribution in [0.15, 0.2) is 85.8 Å². The van der Waals surface area contributed by atoms with E-state index in [4.69, 9.17) is 4.74 Å². The van der Waals surface area contributed by atoms with Crippen LogP contribution in [-0.2, 0) is 4.79 Å². The second kappa shape index (κ2) is 8.83. The molecule has 0 bridgehead atoms. The third-order valence-electron chi connectivity index (χ3n) is 4.29. The van der Waals surface area contributed by atoms with Gasteiger partial charge >= 0.3 is 0 Å². The molecule has 0 saturated carbocycles. The van der Waals surface area contributed by atoms with Crippen LogP contribution in [0.5, 0.6) is 11.6 Å². The smallest absolute Gasteiger partial charge is 0.256 e. The molecule has 31 heavy (non-hydrogen) atoms. The van der Waals surface area contributed by atoms with Crippen molar-refractivity contribution in [2.45, 2.75) is 0 Å². The van der Waals surface area contributed by atoms with Crippen LogP contribution in [0.1, 0.15) is 10.4 Å². The largest absolute Gasteiger partial charge is 0.438 e. The Bertz CT molecular complexity index is 1260. The minimum atomic E-state index is -0.321. The molecular formula is C23H17N5O3. The first-order chi connectivity index (χ1) is 15.1. The van der Waals surface area contributed by atoms with Crippen LogP contribution in [0.2, 0.25) is 0 Å². The number of pyridine rings is 1. The van der Waals surface area contributed by atoms with Gasteiger partial charge in [-0.3, -0.25) is 9.59 Å². The molecule has 0 spiro atoms. The molecule has 2 amide bonds. The van der Waals surface area contributed by atoms with Crippen LogP contribution >= 0.6 is 0 Å². The fourth-order valence-corrected chi connectivity index (χ4v) is 2.80. The van der Waals surface area contributed by atoms with E-state index in [9.17, 15) is 9.59 Å². The molecule has 4 rings (SSSR count). The molecule has 2 aromatic carbocycles. The lowest BCUT2D eigenvalue weighted by Crippen LogP contribution is -2.12. The molecule has 4 aromatic rings. The minimum Gasteiger partial charge on any atom is -0.438 e. The lowest BCUT2D eigenvalue weighted by molar-refractivity contribution is -0.111. The van der Waals surface area contributed by atoms with Crippen LogP contribution in [-0.4, -0.2) is 26.8 Å². The first kappa shape index (κ1) is 19.7. The predicted octanol–water partition coefficient (Wildman–Crippen LogP) is 4.19. The minimum absolute atomic E-state index is 0.277. The molecule has 0 aliphatic heterocycles. The third kappa shape index (κ3) is 4.70. The normalized spacial score (nSPS) is 10.3. The Morgan fingerprint density at radius 2 is 1.77 bits per heavy atom. The quantitative estimate of drug-likeness (QED) is 0.461. The molecule has 0 unspecified atom stereocenters. The summed E-state index contributed by atoms with van der Waals surface area (Å²) in [5, 5.41) is 6.05. The summed E-state index contributed by atoms with van der Waals surface area (Å²) in [6.07, 6.45) is 4.19. The molecule has 8 heteroatoms. The van der Waals surface area contributed by atoms with Crippen LogP contribution in [0, 0.1) is 0 Å². The van der Waals surface area contributed by atoms with Crippen molar-refractivity contribution < 1.29 is 14.3 Å². The van der Waals surface area contributed by atoms with Crippen molar-refractivity contribution in [1.29, 1.82) is 0 Å². The first-order valence-corrected chi connectivity index (χ1v) is 9.31. The van der Waals surface area contributed by atoms with E-state index < -0.39 is 0 Å². The van der Waals surface area contributed by atoms with Gasteiger partial charge in [0.2, 0.25) is 11.8 Å². The molecule has 2 heterocycles. The summed E-state index contributed by atoms with van der Waals surface area (Å²) in [6, 6.07) is 17.1. The van der Waals surface area contributed by atoms with Gasteiger partial charge in [-0.25, -0.2) is 15.0 Å². The van der Waals surface area contributed by atoms with Crippen molar-refractivity contribution in [3.05, 3.63) is 91.4 Å². The Hall–Kier alpha value is -4.59. The van der Waals surface area contributed by atoms with Gasteiger partial charge in [-0.2, -0.15) is 0 Å². The number of hydrogen-bond acceptors (Lipinski definition) is 6. The van der Waals surface area contributed by atoms with Crippen LogP contribution in [0.25, 0.3) is 10.9 Å². The second-order valence-corrected chi connectivity index (χ2v) is 6.40. The number of aromatic nitrogens is 3. The van der Waals surface area contributed by atoms with E-state index in [0.717, 1.165) is 0 Å². The summed E-state index contributed by atoms with van der Waals surface area (Å²) < 4.78 is 5.90. The average Bonchev–Trinajstić information content (AvgIpc) is 2.80.